The summed E-state index contributed by atoms with van der Waals surface area (Å²) in [7, 11) is 0. The molecule has 1 saturated heterocycles. The highest BCUT2D eigenvalue weighted by atomic mass is 16.2. The van der Waals surface area contributed by atoms with Crippen LogP contribution in [0, 0.1) is 5.92 Å². The van der Waals surface area contributed by atoms with E-state index in [9.17, 15) is 4.79 Å². The van der Waals surface area contributed by atoms with Crippen molar-refractivity contribution in [1.29, 1.82) is 0 Å². The quantitative estimate of drug-likeness (QED) is 0.910. The van der Waals surface area contributed by atoms with E-state index < -0.39 is 0 Å². The highest BCUT2D eigenvalue weighted by Gasteiger charge is 2.29. The molecule has 1 amide bonds. The second-order valence-electron chi connectivity index (χ2n) is 6.48. The fourth-order valence-electron chi connectivity index (χ4n) is 3.75. The van der Waals surface area contributed by atoms with E-state index in [-0.39, 0.29) is 5.92 Å². The number of carbonyl (C=O) groups is 1. The van der Waals surface area contributed by atoms with E-state index in [2.05, 4.69) is 25.1 Å². The number of nitrogens with one attached hydrogen (secondary N) is 1. The number of amides is 1. The van der Waals surface area contributed by atoms with Crippen molar-refractivity contribution < 1.29 is 4.79 Å². The summed E-state index contributed by atoms with van der Waals surface area (Å²) in [4.78, 5) is 25.5. The molecule has 1 aliphatic carbocycles. The first-order chi connectivity index (χ1) is 11.3. The van der Waals surface area contributed by atoms with Gasteiger partial charge in [0.2, 0.25) is 5.91 Å². The van der Waals surface area contributed by atoms with Gasteiger partial charge in [-0.2, -0.15) is 5.10 Å². The van der Waals surface area contributed by atoms with Gasteiger partial charge >= 0.3 is 0 Å². The first-order valence-electron chi connectivity index (χ1n) is 8.51. The average molecular weight is 314 g/mol. The topological polar surface area (TPSA) is 78.0 Å². The molecule has 0 aromatic carbocycles. The Balaban J connectivity index is 1.42. The molecule has 2 aromatic rings. The smallest absolute Gasteiger partial charge is 0.225 e. The van der Waals surface area contributed by atoms with Crippen LogP contribution in [-0.2, 0) is 4.79 Å². The maximum atomic E-state index is 12.6. The molecular formula is C16H22N6O. The zero-order chi connectivity index (χ0) is 15.6. The number of aromatic nitrogens is 4. The van der Waals surface area contributed by atoms with Crippen LogP contribution < -0.4 is 4.90 Å². The van der Waals surface area contributed by atoms with Crippen molar-refractivity contribution in [2.45, 2.75) is 32.1 Å². The molecule has 0 unspecified atom stereocenters. The number of fused-ring (bicyclic) bond motifs is 1. The van der Waals surface area contributed by atoms with Crippen LogP contribution >= 0.6 is 0 Å². The minimum atomic E-state index is 0.259. The number of anilines is 1. The van der Waals surface area contributed by atoms with Crippen LogP contribution in [-0.4, -0.2) is 57.2 Å². The van der Waals surface area contributed by atoms with E-state index in [0.29, 0.717) is 5.91 Å². The molecular weight excluding hydrogens is 292 g/mol. The van der Waals surface area contributed by atoms with Gasteiger partial charge in [0.15, 0.2) is 5.65 Å². The van der Waals surface area contributed by atoms with Gasteiger partial charge in [0.25, 0.3) is 0 Å². The van der Waals surface area contributed by atoms with Crippen molar-refractivity contribution in [3.63, 3.8) is 0 Å². The molecule has 1 N–H and O–H groups in total. The molecule has 1 saturated carbocycles. The van der Waals surface area contributed by atoms with Crippen molar-refractivity contribution in [3.05, 3.63) is 12.5 Å². The third kappa shape index (κ3) is 2.75. The zero-order valence-electron chi connectivity index (χ0n) is 13.2. The minimum absolute atomic E-state index is 0.259. The molecule has 23 heavy (non-hydrogen) atoms. The fourth-order valence-corrected chi connectivity index (χ4v) is 3.75. The van der Waals surface area contributed by atoms with Crippen molar-refractivity contribution in [2.75, 3.05) is 31.1 Å². The Morgan fingerprint density at radius 1 is 1.09 bits per heavy atom. The zero-order valence-corrected chi connectivity index (χ0v) is 13.2. The first-order valence-corrected chi connectivity index (χ1v) is 8.51. The molecule has 3 heterocycles. The Morgan fingerprint density at radius 2 is 1.87 bits per heavy atom. The molecule has 0 atom stereocenters. The SMILES string of the molecule is O=C(C1CCCCC1)N1CCN(c2ncnc3[nH]ncc23)CC1. The maximum absolute atomic E-state index is 12.6. The number of hydrogen-bond donors (Lipinski definition) is 1. The third-order valence-electron chi connectivity index (χ3n) is 5.07. The van der Waals surface area contributed by atoms with E-state index in [1.165, 1.54) is 19.3 Å². The largest absolute Gasteiger partial charge is 0.352 e. The number of rotatable bonds is 2. The molecule has 0 radical (unpaired) electrons. The third-order valence-corrected chi connectivity index (χ3v) is 5.07. The molecule has 1 aliphatic heterocycles. The predicted octanol–water partition coefficient (Wildman–Crippen LogP) is 1.58. The lowest BCUT2D eigenvalue weighted by molar-refractivity contribution is -0.136. The lowest BCUT2D eigenvalue weighted by Gasteiger charge is -2.37. The molecule has 0 spiro atoms. The van der Waals surface area contributed by atoms with E-state index >= 15 is 0 Å². The van der Waals surface area contributed by atoms with Crippen molar-refractivity contribution >= 4 is 22.8 Å². The molecule has 0 bridgehead atoms. The summed E-state index contributed by atoms with van der Waals surface area (Å²) < 4.78 is 0. The average Bonchev–Trinajstić information content (AvgIpc) is 3.11. The summed E-state index contributed by atoms with van der Waals surface area (Å²) in [6, 6.07) is 0. The summed E-state index contributed by atoms with van der Waals surface area (Å²) in [5.74, 6) is 1.53. The standard InChI is InChI=1S/C16H22N6O/c23-16(12-4-2-1-3-5-12)22-8-6-21(7-9-22)15-13-10-19-20-14(13)17-11-18-15/h10-12H,1-9H2,(H,17,18,19,20). The van der Waals surface area contributed by atoms with Crippen molar-refractivity contribution in [1.82, 2.24) is 25.1 Å². The fraction of sp³-hybridized carbons (Fsp3) is 0.625. The second kappa shape index (κ2) is 6.14. The van der Waals surface area contributed by atoms with Gasteiger partial charge in [0.05, 0.1) is 11.6 Å². The highest BCUT2D eigenvalue weighted by molar-refractivity contribution is 5.86. The first kappa shape index (κ1) is 14.4. The maximum Gasteiger partial charge on any atom is 0.225 e. The molecule has 122 valence electrons. The lowest BCUT2D eigenvalue weighted by atomic mass is 9.88. The number of nitrogens with zero attached hydrogens (tertiary/aromatic N) is 5. The van der Waals surface area contributed by atoms with Crippen LogP contribution in [0.4, 0.5) is 5.82 Å². The Morgan fingerprint density at radius 3 is 2.65 bits per heavy atom. The molecule has 2 fully saturated rings. The van der Waals surface area contributed by atoms with Gasteiger partial charge in [-0.1, -0.05) is 19.3 Å². The summed E-state index contributed by atoms with van der Waals surface area (Å²) in [5, 5.41) is 7.86. The van der Waals surface area contributed by atoms with Crippen LogP contribution in [0.15, 0.2) is 12.5 Å². The van der Waals surface area contributed by atoms with Crippen LogP contribution in [0.5, 0.6) is 0 Å². The normalized spacial score (nSPS) is 20.2. The van der Waals surface area contributed by atoms with Crippen LogP contribution in [0.1, 0.15) is 32.1 Å². The van der Waals surface area contributed by atoms with Crippen LogP contribution in [0.2, 0.25) is 0 Å². The van der Waals surface area contributed by atoms with Gasteiger partial charge in [-0.25, -0.2) is 9.97 Å². The van der Waals surface area contributed by atoms with E-state index in [1.807, 2.05) is 4.90 Å². The molecule has 2 aromatic heterocycles. The Labute approximate surface area is 135 Å². The molecule has 7 heteroatoms. The number of hydrogen-bond acceptors (Lipinski definition) is 5. The summed E-state index contributed by atoms with van der Waals surface area (Å²) >= 11 is 0. The Hall–Kier alpha value is -2.18. The number of aromatic amines is 1. The second-order valence-corrected chi connectivity index (χ2v) is 6.48. The van der Waals surface area contributed by atoms with Gasteiger partial charge in [0, 0.05) is 32.1 Å². The van der Waals surface area contributed by atoms with Gasteiger partial charge in [-0.05, 0) is 12.8 Å². The van der Waals surface area contributed by atoms with Gasteiger partial charge in [0.1, 0.15) is 12.1 Å². The predicted molar refractivity (Wildman–Crippen MR) is 87.1 cm³/mol. The number of H-pyrrole nitrogens is 1. The molecule has 7 nitrogen and oxygen atoms in total. The summed E-state index contributed by atoms with van der Waals surface area (Å²) in [5.41, 5.74) is 0.760. The molecule has 2 aliphatic rings. The molecule has 4 rings (SSSR count). The summed E-state index contributed by atoms with van der Waals surface area (Å²) in [6.07, 6.45) is 9.17. The van der Waals surface area contributed by atoms with Gasteiger partial charge in [-0.3, -0.25) is 9.89 Å². The Kier molecular flexibility index (Phi) is 3.85. The van der Waals surface area contributed by atoms with Gasteiger partial charge < -0.3 is 9.80 Å². The lowest BCUT2D eigenvalue weighted by Crippen LogP contribution is -2.50. The van der Waals surface area contributed by atoms with Crippen molar-refractivity contribution in [2.24, 2.45) is 5.92 Å². The monoisotopic (exact) mass is 314 g/mol. The van der Waals surface area contributed by atoms with E-state index in [0.717, 1.165) is 55.9 Å². The minimum Gasteiger partial charge on any atom is -0.352 e. The number of piperazine rings is 1. The summed E-state index contributed by atoms with van der Waals surface area (Å²) in [6.45, 7) is 3.18. The van der Waals surface area contributed by atoms with E-state index in [1.54, 1.807) is 12.5 Å². The highest BCUT2D eigenvalue weighted by Crippen LogP contribution is 2.27. The van der Waals surface area contributed by atoms with Crippen LogP contribution in [0.3, 0.4) is 0 Å². The van der Waals surface area contributed by atoms with E-state index in [4.69, 9.17) is 0 Å². The van der Waals surface area contributed by atoms with Crippen LogP contribution in [0.25, 0.3) is 11.0 Å². The van der Waals surface area contributed by atoms with Gasteiger partial charge in [-0.15, -0.1) is 0 Å². The number of carbonyl (C=O) groups excluding carboxylic acids is 1. The Bertz CT molecular complexity index is 685. The van der Waals surface area contributed by atoms with Crippen molar-refractivity contribution in [3.8, 4) is 0 Å².